The van der Waals surface area contributed by atoms with Gasteiger partial charge in [0.05, 0.1) is 37.9 Å². The second-order valence-corrected chi connectivity index (χ2v) is 12.7. The topological polar surface area (TPSA) is 104 Å². The van der Waals surface area contributed by atoms with E-state index < -0.39 is 56.9 Å². The Morgan fingerprint density at radius 2 is 1.80 bits per heavy atom. The van der Waals surface area contributed by atoms with Gasteiger partial charge in [-0.3, -0.25) is 9.36 Å². The maximum absolute atomic E-state index is 15.9. The molecule has 2 aromatic carbocycles. The van der Waals surface area contributed by atoms with E-state index in [4.69, 9.17) is 14.0 Å². The molecule has 0 radical (unpaired) electrons. The van der Waals surface area contributed by atoms with Crippen LogP contribution in [0.25, 0.3) is 16.6 Å². The molecule has 0 aliphatic heterocycles. The van der Waals surface area contributed by atoms with Gasteiger partial charge in [-0.1, -0.05) is 17.3 Å². The fourth-order valence-electron chi connectivity index (χ4n) is 5.71. The van der Waals surface area contributed by atoms with Crippen LogP contribution in [0.4, 0.5) is 27.8 Å². The number of methoxy groups -OCH3 is 2. The summed E-state index contributed by atoms with van der Waals surface area (Å²) in [5.41, 5.74) is -0.405. The SMILES string of the molecule is COC1=C(n2c(=O)ccc3cc(S(=O)(=O)N(Cc4ccc(OC)cc4)c4ccon4)c(F)cc32)CC(F)C([C@H]2C[C@@H]2C(F)(F)F)=C1. The predicted molar refractivity (Wildman–Crippen MR) is 157 cm³/mol. The highest BCUT2D eigenvalue weighted by Gasteiger charge is 2.58. The van der Waals surface area contributed by atoms with Crippen molar-refractivity contribution in [2.75, 3.05) is 18.5 Å². The van der Waals surface area contributed by atoms with Crippen molar-refractivity contribution in [2.45, 2.75) is 36.6 Å². The number of nitrogens with zero attached hydrogens (tertiary/aromatic N) is 3. The summed E-state index contributed by atoms with van der Waals surface area (Å²) in [5, 5.41) is 3.85. The molecule has 2 aliphatic carbocycles. The molecule has 3 atom stereocenters. The standard InChI is InChI=1S/C31H26F5N3O6S/c1-43-19-6-3-17(4-7-19)16-38(29-9-10-45-37-29)46(41,42)28-11-18-5-8-30(40)39(25(18)15-24(28)33)26-14-23(32)21(13-27(26)44-2)20-12-22(20)31(34,35)36/h3-11,13,15,20,22-23H,12,14,16H2,1-2H3/t20-,22+,23?/m1/s1. The Labute approximate surface area is 259 Å². The van der Waals surface area contributed by atoms with Gasteiger partial charge in [0.1, 0.15) is 34.7 Å². The maximum Gasteiger partial charge on any atom is 0.392 e. The molecule has 4 aromatic rings. The van der Waals surface area contributed by atoms with Gasteiger partial charge in [-0.2, -0.15) is 13.2 Å². The molecule has 1 saturated carbocycles. The van der Waals surface area contributed by atoms with E-state index in [0.29, 0.717) is 11.3 Å². The van der Waals surface area contributed by atoms with Crippen LogP contribution in [-0.2, 0) is 21.3 Å². The molecule has 0 N–H and O–H groups in total. The number of allylic oxidation sites excluding steroid dienone is 3. The van der Waals surface area contributed by atoms with Crippen molar-refractivity contribution in [1.29, 1.82) is 0 Å². The number of fused-ring (bicyclic) bond motifs is 1. The van der Waals surface area contributed by atoms with E-state index in [1.54, 1.807) is 24.3 Å². The molecule has 0 spiro atoms. The van der Waals surface area contributed by atoms with Gasteiger partial charge >= 0.3 is 6.18 Å². The Hall–Kier alpha value is -4.66. The van der Waals surface area contributed by atoms with Crippen LogP contribution in [0, 0.1) is 17.7 Å². The second kappa shape index (κ2) is 11.6. The van der Waals surface area contributed by atoms with Crippen LogP contribution in [0.3, 0.4) is 0 Å². The number of anilines is 1. The quantitative estimate of drug-likeness (QED) is 0.196. The number of ether oxygens (including phenoxy) is 2. The summed E-state index contributed by atoms with van der Waals surface area (Å²) >= 11 is 0. The predicted octanol–water partition coefficient (Wildman–Crippen LogP) is 6.21. The minimum absolute atomic E-state index is 0.0442. The van der Waals surface area contributed by atoms with Gasteiger partial charge in [0.25, 0.3) is 15.6 Å². The van der Waals surface area contributed by atoms with Crippen molar-refractivity contribution in [3.05, 3.63) is 100 Å². The summed E-state index contributed by atoms with van der Waals surface area (Å²) in [4.78, 5) is 12.4. The molecule has 1 fully saturated rings. The molecule has 1 unspecified atom stereocenters. The first kappa shape index (κ1) is 31.3. The number of pyridine rings is 1. The minimum Gasteiger partial charge on any atom is -0.497 e. The van der Waals surface area contributed by atoms with Crippen LogP contribution in [0.15, 0.2) is 92.5 Å². The third-order valence-corrected chi connectivity index (χ3v) is 9.89. The first-order chi connectivity index (χ1) is 21.8. The van der Waals surface area contributed by atoms with Gasteiger partial charge in [0.15, 0.2) is 5.82 Å². The summed E-state index contributed by atoms with van der Waals surface area (Å²) in [7, 11) is -1.94. The Morgan fingerprint density at radius 1 is 1.07 bits per heavy atom. The Balaban J connectivity index is 1.43. The molecule has 2 aromatic heterocycles. The second-order valence-electron chi connectivity index (χ2n) is 10.9. The molecule has 242 valence electrons. The van der Waals surface area contributed by atoms with Crippen molar-refractivity contribution in [3.8, 4) is 5.75 Å². The lowest BCUT2D eigenvalue weighted by Crippen LogP contribution is -2.31. The van der Waals surface area contributed by atoms with E-state index >= 15 is 8.78 Å². The lowest BCUT2D eigenvalue weighted by molar-refractivity contribution is -0.150. The Bertz CT molecular complexity index is 2020. The largest absolute Gasteiger partial charge is 0.497 e. The van der Waals surface area contributed by atoms with E-state index in [2.05, 4.69) is 5.16 Å². The first-order valence-corrected chi connectivity index (χ1v) is 15.4. The number of aromatic nitrogens is 2. The van der Waals surface area contributed by atoms with E-state index in [1.165, 1.54) is 26.4 Å². The fourth-order valence-corrected chi connectivity index (χ4v) is 7.19. The first-order valence-electron chi connectivity index (χ1n) is 13.9. The van der Waals surface area contributed by atoms with Gasteiger partial charge in [-0.05, 0) is 53.8 Å². The summed E-state index contributed by atoms with van der Waals surface area (Å²) in [6.45, 7) is -0.247. The molecule has 15 heteroatoms. The van der Waals surface area contributed by atoms with Crippen molar-refractivity contribution in [3.63, 3.8) is 0 Å². The van der Waals surface area contributed by atoms with Crippen molar-refractivity contribution >= 4 is 32.4 Å². The van der Waals surface area contributed by atoms with Crippen LogP contribution in [0.2, 0.25) is 0 Å². The van der Waals surface area contributed by atoms with Crippen LogP contribution >= 0.6 is 0 Å². The third-order valence-electron chi connectivity index (χ3n) is 8.13. The highest BCUT2D eigenvalue weighted by Crippen LogP contribution is 2.56. The van der Waals surface area contributed by atoms with E-state index in [9.17, 15) is 26.4 Å². The number of halogens is 5. The van der Waals surface area contributed by atoms with Crippen molar-refractivity contribution in [1.82, 2.24) is 9.72 Å². The summed E-state index contributed by atoms with van der Waals surface area (Å²) in [6.07, 6.45) is -4.76. The summed E-state index contributed by atoms with van der Waals surface area (Å²) in [5.74, 6) is -3.54. The van der Waals surface area contributed by atoms with Gasteiger partial charge in [-0.25, -0.2) is 21.5 Å². The van der Waals surface area contributed by atoms with Crippen LogP contribution < -0.4 is 14.6 Å². The number of alkyl halides is 4. The maximum atomic E-state index is 15.9. The molecule has 9 nitrogen and oxygen atoms in total. The Kier molecular flexibility index (Phi) is 7.90. The van der Waals surface area contributed by atoms with Crippen LogP contribution in [-0.4, -0.2) is 44.7 Å². The molecule has 46 heavy (non-hydrogen) atoms. The zero-order valence-corrected chi connectivity index (χ0v) is 25.1. The van der Waals surface area contributed by atoms with Gasteiger partial charge in [-0.15, -0.1) is 0 Å². The van der Waals surface area contributed by atoms with Gasteiger partial charge in [0, 0.05) is 30.0 Å². The number of sulfonamides is 1. The summed E-state index contributed by atoms with van der Waals surface area (Å²) < 4.78 is 116. The molecular weight excluding hydrogens is 637 g/mol. The molecule has 0 saturated heterocycles. The van der Waals surface area contributed by atoms with Crippen LogP contribution in [0.5, 0.6) is 5.75 Å². The fraction of sp³-hybridized carbons (Fsp3) is 0.290. The molecule has 0 bridgehead atoms. The molecule has 0 amide bonds. The average molecular weight is 664 g/mol. The average Bonchev–Trinajstić information content (AvgIpc) is 3.66. The van der Waals surface area contributed by atoms with Gasteiger partial charge in [0.2, 0.25) is 0 Å². The molecule has 2 heterocycles. The number of hydrogen-bond donors (Lipinski definition) is 0. The smallest absolute Gasteiger partial charge is 0.392 e. The molecular formula is C31H26F5N3O6S. The third kappa shape index (κ3) is 5.63. The molecule has 2 aliphatic rings. The lowest BCUT2D eigenvalue weighted by atomic mass is 9.94. The number of rotatable bonds is 9. The minimum atomic E-state index is -4.64. The highest BCUT2D eigenvalue weighted by molar-refractivity contribution is 7.92. The van der Waals surface area contributed by atoms with E-state index in [1.807, 2.05) is 0 Å². The van der Waals surface area contributed by atoms with Gasteiger partial charge < -0.3 is 14.0 Å². The van der Waals surface area contributed by atoms with Crippen molar-refractivity contribution in [2.24, 2.45) is 11.8 Å². The van der Waals surface area contributed by atoms with Crippen molar-refractivity contribution < 1.29 is 44.4 Å². The summed E-state index contributed by atoms with van der Waals surface area (Å²) in [6, 6.07) is 12.1. The Morgan fingerprint density at radius 3 is 2.41 bits per heavy atom. The van der Waals surface area contributed by atoms with E-state index in [0.717, 1.165) is 39.4 Å². The van der Waals surface area contributed by atoms with E-state index in [-0.39, 0.29) is 46.7 Å². The monoisotopic (exact) mass is 663 g/mol. The molecule has 6 rings (SSSR count). The normalized spacial score (nSPS) is 20.1. The number of hydrogen-bond acceptors (Lipinski definition) is 7. The highest BCUT2D eigenvalue weighted by atomic mass is 32.2. The zero-order valence-electron chi connectivity index (χ0n) is 24.3. The zero-order chi connectivity index (χ0) is 33.0. The lowest BCUT2D eigenvalue weighted by Gasteiger charge is -2.25. The van der Waals surface area contributed by atoms with Crippen LogP contribution in [0.1, 0.15) is 18.4 Å². The number of benzene rings is 2.